The fraction of sp³-hybridized carbons (Fsp3) is 0.333. The van der Waals surface area contributed by atoms with E-state index < -0.39 is 4.92 Å². The van der Waals surface area contributed by atoms with Crippen molar-refractivity contribution in [3.63, 3.8) is 0 Å². The van der Waals surface area contributed by atoms with Gasteiger partial charge in [-0.25, -0.2) is 4.79 Å². The third-order valence-corrected chi connectivity index (χ3v) is 3.61. The highest BCUT2D eigenvalue weighted by Crippen LogP contribution is 2.11. The summed E-state index contributed by atoms with van der Waals surface area (Å²) in [5, 5.41) is 16.8. The molecular formula is C15H19N5O4. The summed E-state index contributed by atoms with van der Waals surface area (Å²) in [7, 11) is 3.02. The second-order valence-electron chi connectivity index (χ2n) is 5.30. The molecule has 1 aromatic carbocycles. The highest BCUT2D eigenvalue weighted by molar-refractivity contribution is 5.34. The van der Waals surface area contributed by atoms with Gasteiger partial charge in [-0.05, 0) is 5.56 Å². The van der Waals surface area contributed by atoms with Gasteiger partial charge in [0.1, 0.15) is 5.82 Å². The summed E-state index contributed by atoms with van der Waals surface area (Å²) in [6.45, 7) is 1.68. The molecule has 9 nitrogen and oxygen atoms in total. The first kappa shape index (κ1) is 17.4. The summed E-state index contributed by atoms with van der Waals surface area (Å²) in [4.78, 5) is 33.5. The average molecular weight is 333 g/mol. The molecule has 0 spiro atoms. The first-order chi connectivity index (χ1) is 11.4. The van der Waals surface area contributed by atoms with Crippen molar-refractivity contribution in [1.82, 2.24) is 14.5 Å². The molecule has 1 heterocycles. The van der Waals surface area contributed by atoms with E-state index in [0.717, 1.165) is 10.1 Å². The second kappa shape index (κ2) is 7.55. The van der Waals surface area contributed by atoms with Crippen molar-refractivity contribution >= 4 is 11.5 Å². The van der Waals surface area contributed by atoms with Gasteiger partial charge >= 0.3 is 5.69 Å². The summed E-state index contributed by atoms with van der Waals surface area (Å²) in [5.74, 6) is 0.459. The number of nitrogens with one attached hydrogen (secondary N) is 2. The highest BCUT2D eigenvalue weighted by atomic mass is 16.6. The molecule has 128 valence electrons. The Hall–Kier alpha value is -2.94. The molecular weight excluding hydrogens is 314 g/mol. The van der Waals surface area contributed by atoms with Gasteiger partial charge in [-0.15, -0.1) is 0 Å². The fourth-order valence-electron chi connectivity index (χ4n) is 2.15. The molecule has 0 aliphatic heterocycles. The van der Waals surface area contributed by atoms with Crippen LogP contribution in [0.5, 0.6) is 0 Å². The van der Waals surface area contributed by atoms with Crippen molar-refractivity contribution in [1.29, 1.82) is 0 Å². The lowest BCUT2D eigenvalue weighted by Crippen LogP contribution is -2.38. The molecule has 0 unspecified atom stereocenters. The highest BCUT2D eigenvalue weighted by Gasteiger charge is 2.05. The van der Waals surface area contributed by atoms with Gasteiger partial charge < -0.3 is 10.6 Å². The van der Waals surface area contributed by atoms with Crippen LogP contribution in [-0.4, -0.2) is 27.1 Å². The number of aromatic nitrogens is 2. The number of nitro benzene ring substituents is 1. The van der Waals surface area contributed by atoms with Crippen LogP contribution in [0, 0.1) is 10.1 Å². The predicted octanol–water partition coefficient (Wildman–Crippen LogP) is 0.194. The lowest BCUT2D eigenvalue weighted by atomic mass is 10.2. The number of nitrogens with zero attached hydrogens (tertiary/aromatic N) is 3. The number of non-ortho nitro benzene ring substituents is 1. The van der Waals surface area contributed by atoms with E-state index in [-0.39, 0.29) is 16.9 Å². The van der Waals surface area contributed by atoms with E-state index in [2.05, 4.69) is 10.6 Å². The summed E-state index contributed by atoms with van der Waals surface area (Å²) in [6, 6.07) is 7.69. The van der Waals surface area contributed by atoms with Crippen LogP contribution >= 0.6 is 0 Å². The van der Waals surface area contributed by atoms with Crippen molar-refractivity contribution in [3.8, 4) is 0 Å². The van der Waals surface area contributed by atoms with Gasteiger partial charge in [0, 0.05) is 51.9 Å². The Morgan fingerprint density at radius 1 is 1.08 bits per heavy atom. The number of benzene rings is 1. The fourth-order valence-corrected chi connectivity index (χ4v) is 2.15. The van der Waals surface area contributed by atoms with Gasteiger partial charge in [-0.3, -0.25) is 24.0 Å². The van der Waals surface area contributed by atoms with Crippen molar-refractivity contribution in [2.75, 3.05) is 18.4 Å². The molecule has 1 aromatic heterocycles. The van der Waals surface area contributed by atoms with E-state index in [1.165, 1.54) is 29.8 Å². The lowest BCUT2D eigenvalue weighted by molar-refractivity contribution is -0.384. The molecule has 2 aromatic rings. The topological polar surface area (TPSA) is 111 Å². The predicted molar refractivity (Wildman–Crippen MR) is 90.2 cm³/mol. The van der Waals surface area contributed by atoms with Gasteiger partial charge in [0.15, 0.2) is 0 Å². The SMILES string of the molecule is Cn1c(NCCNCc2ccc([N+](=O)[O-])cc2)cc(=O)n(C)c1=O. The van der Waals surface area contributed by atoms with Crippen LogP contribution < -0.4 is 21.9 Å². The Bertz CT molecular complexity index is 838. The zero-order valence-corrected chi connectivity index (χ0v) is 13.5. The molecule has 0 aliphatic carbocycles. The third-order valence-electron chi connectivity index (χ3n) is 3.61. The van der Waals surface area contributed by atoms with E-state index in [4.69, 9.17) is 0 Å². The van der Waals surface area contributed by atoms with Gasteiger partial charge in [0.2, 0.25) is 0 Å². The number of anilines is 1. The summed E-state index contributed by atoms with van der Waals surface area (Å²) in [6.07, 6.45) is 0. The molecule has 0 atom stereocenters. The number of hydrogen-bond donors (Lipinski definition) is 2. The molecule has 0 radical (unpaired) electrons. The quantitative estimate of drug-likeness (QED) is 0.425. The molecule has 9 heteroatoms. The first-order valence-electron chi connectivity index (χ1n) is 7.35. The minimum absolute atomic E-state index is 0.0620. The van der Waals surface area contributed by atoms with Crippen LogP contribution in [0.4, 0.5) is 11.5 Å². The van der Waals surface area contributed by atoms with Gasteiger partial charge in [0.25, 0.3) is 11.2 Å². The summed E-state index contributed by atoms with van der Waals surface area (Å²) >= 11 is 0. The van der Waals surface area contributed by atoms with Gasteiger partial charge in [0.05, 0.1) is 4.92 Å². The number of hydrogen-bond acceptors (Lipinski definition) is 6. The Morgan fingerprint density at radius 2 is 1.75 bits per heavy atom. The molecule has 0 fully saturated rings. The van der Waals surface area contributed by atoms with Crippen molar-refractivity contribution < 1.29 is 4.92 Å². The number of nitro groups is 1. The Balaban J connectivity index is 1.82. The normalized spacial score (nSPS) is 10.6. The largest absolute Gasteiger partial charge is 0.370 e. The van der Waals surface area contributed by atoms with E-state index in [1.807, 2.05) is 0 Å². The van der Waals surface area contributed by atoms with E-state index in [0.29, 0.717) is 25.5 Å². The van der Waals surface area contributed by atoms with E-state index in [1.54, 1.807) is 19.2 Å². The Labute approximate surface area is 137 Å². The zero-order valence-electron chi connectivity index (χ0n) is 13.5. The smallest absolute Gasteiger partial charge is 0.332 e. The Morgan fingerprint density at radius 3 is 2.38 bits per heavy atom. The van der Waals surface area contributed by atoms with Crippen LogP contribution in [0.25, 0.3) is 0 Å². The Kier molecular flexibility index (Phi) is 5.48. The molecule has 0 amide bonds. The van der Waals surface area contributed by atoms with Crippen LogP contribution in [0.2, 0.25) is 0 Å². The van der Waals surface area contributed by atoms with Crippen molar-refractivity contribution in [3.05, 3.63) is 66.8 Å². The van der Waals surface area contributed by atoms with Gasteiger partial charge in [-0.2, -0.15) is 0 Å². The first-order valence-corrected chi connectivity index (χ1v) is 7.35. The molecule has 0 saturated heterocycles. The van der Waals surface area contributed by atoms with Crippen molar-refractivity contribution in [2.45, 2.75) is 6.54 Å². The number of rotatable bonds is 7. The minimum atomic E-state index is -0.435. The molecule has 2 N–H and O–H groups in total. The maximum atomic E-state index is 11.8. The standard InChI is InChI=1S/C15H19N5O4/c1-18-13(9-14(21)19(2)15(18)22)17-8-7-16-10-11-3-5-12(6-4-11)20(23)24/h3-6,9,16-17H,7-8,10H2,1-2H3. The average Bonchev–Trinajstić information content (AvgIpc) is 2.57. The lowest BCUT2D eigenvalue weighted by Gasteiger charge is -2.12. The minimum Gasteiger partial charge on any atom is -0.370 e. The second-order valence-corrected chi connectivity index (χ2v) is 5.30. The molecule has 24 heavy (non-hydrogen) atoms. The summed E-state index contributed by atoms with van der Waals surface area (Å²) in [5.41, 5.74) is 0.247. The van der Waals surface area contributed by atoms with Crippen molar-refractivity contribution in [2.24, 2.45) is 14.1 Å². The third kappa shape index (κ3) is 4.07. The van der Waals surface area contributed by atoms with E-state index >= 15 is 0 Å². The molecule has 0 saturated carbocycles. The molecule has 0 bridgehead atoms. The molecule has 2 rings (SSSR count). The van der Waals surface area contributed by atoms with E-state index in [9.17, 15) is 19.7 Å². The van der Waals surface area contributed by atoms with Crippen LogP contribution in [-0.2, 0) is 20.6 Å². The summed E-state index contributed by atoms with van der Waals surface area (Å²) < 4.78 is 2.41. The maximum Gasteiger partial charge on any atom is 0.332 e. The zero-order chi connectivity index (χ0) is 17.7. The molecule has 0 aliphatic rings. The van der Waals surface area contributed by atoms with Crippen LogP contribution in [0.15, 0.2) is 39.9 Å². The van der Waals surface area contributed by atoms with Gasteiger partial charge in [-0.1, -0.05) is 12.1 Å². The maximum absolute atomic E-state index is 11.8. The monoisotopic (exact) mass is 333 g/mol. The van der Waals surface area contributed by atoms with Crippen LogP contribution in [0.1, 0.15) is 5.56 Å². The van der Waals surface area contributed by atoms with Crippen LogP contribution in [0.3, 0.4) is 0 Å².